The quantitative estimate of drug-likeness (QED) is 0.621. The van der Waals surface area contributed by atoms with Crippen LogP contribution in [0.1, 0.15) is 22.5 Å². The van der Waals surface area contributed by atoms with Crippen LogP contribution in [0.3, 0.4) is 0 Å². The zero-order valence-electron chi connectivity index (χ0n) is 9.09. The number of nitrogens with zero attached hydrogens (tertiary/aromatic N) is 3. The monoisotopic (exact) mass is 219 g/mol. The van der Waals surface area contributed by atoms with Crippen LogP contribution in [-0.2, 0) is 6.54 Å². The second kappa shape index (κ2) is 3.79. The third-order valence-electron chi connectivity index (χ3n) is 2.76. The molecule has 1 aromatic carbocycles. The molecule has 3 heteroatoms. The van der Waals surface area contributed by atoms with E-state index in [2.05, 4.69) is 16.9 Å². The van der Waals surface area contributed by atoms with E-state index in [1.807, 2.05) is 47.2 Å². The van der Waals surface area contributed by atoms with Crippen LogP contribution in [0.2, 0.25) is 0 Å². The molecule has 0 fully saturated rings. The van der Waals surface area contributed by atoms with Crippen molar-refractivity contribution < 1.29 is 0 Å². The van der Waals surface area contributed by atoms with E-state index in [-0.39, 0.29) is 0 Å². The Balaban J connectivity index is 2.01. The molecular weight excluding hydrogens is 210 g/mol. The molecule has 0 amide bonds. The second-order valence-corrected chi connectivity index (χ2v) is 3.86. The summed E-state index contributed by atoms with van der Waals surface area (Å²) >= 11 is 0. The van der Waals surface area contributed by atoms with Gasteiger partial charge in [-0.15, -0.1) is 5.73 Å². The molecule has 3 nitrogen and oxygen atoms in total. The van der Waals surface area contributed by atoms with Crippen molar-refractivity contribution in [2.24, 2.45) is 0 Å². The van der Waals surface area contributed by atoms with Gasteiger partial charge in [0, 0.05) is 11.6 Å². The molecule has 1 heterocycles. The van der Waals surface area contributed by atoms with Gasteiger partial charge in [0.2, 0.25) is 0 Å². The fourth-order valence-corrected chi connectivity index (χ4v) is 1.95. The number of hydrogen-bond donors (Lipinski definition) is 0. The molecule has 0 aliphatic heterocycles. The molecule has 0 atom stereocenters. The molecule has 0 spiro atoms. The van der Waals surface area contributed by atoms with Crippen molar-refractivity contribution in [1.29, 1.82) is 5.26 Å². The molecule has 0 saturated heterocycles. The van der Waals surface area contributed by atoms with E-state index in [4.69, 9.17) is 5.26 Å². The largest absolute Gasteiger partial charge is 0.258 e. The van der Waals surface area contributed by atoms with E-state index in [9.17, 15) is 0 Å². The number of rotatable bonds is 2. The van der Waals surface area contributed by atoms with Gasteiger partial charge in [-0.2, -0.15) is 10.4 Å². The van der Waals surface area contributed by atoms with E-state index in [1.54, 1.807) is 0 Å². The van der Waals surface area contributed by atoms with Crippen molar-refractivity contribution in [2.75, 3.05) is 0 Å². The average Bonchev–Trinajstić information content (AvgIpc) is 2.94. The fraction of sp³-hybridized carbons (Fsp3) is 0.0714. The van der Waals surface area contributed by atoms with Gasteiger partial charge in [0.25, 0.3) is 0 Å². The Hall–Kier alpha value is -2.56. The molecule has 0 bridgehead atoms. The van der Waals surface area contributed by atoms with Crippen molar-refractivity contribution >= 4 is 12.2 Å². The van der Waals surface area contributed by atoms with Crippen LogP contribution >= 0.6 is 0 Å². The van der Waals surface area contributed by atoms with Gasteiger partial charge in [0.05, 0.1) is 12.2 Å². The van der Waals surface area contributed by atoms with Gasteiger partial charge in [-0.25, -0.2) is 0 Å². The first-order chi connectivity index (χ1) is 8.38. The summed E-state index contributed by atoms with van der Waals surface area (Å²) in [6, 6.07) is 12.2. The Bertz CT molecular complexity index is 665. The molecule has 1 aliphatic carbocycles. The maximum absolute atomic E-state index is 8.99. The molecule has 0 unspecified atom stereocenters. The Kier molecular flexibility index (Phi) is 2.15. The van der Waals surface area contributed by atoms with Crippen LogP contribution in [0.5, 0.6) is 0 Å². The molecular formula is C14H9N3. The van der Waals surface area contributed by atoms with Gasteiger partial charge in [-0.05, 0) is 11.6 Å². The van der Waals surface area contributed by atoms with Gasteiger partial charge in [0.15, 0.2) is 5.69 Å². The zero-order valence-corrected chi connectivity index (χ0v) is 9.09. The highest BCUT2D eigenvalue weighted by atomic mass is 15.3. The number of benzene rings is 1. The van der Waals surface area contributed by atoms with Crippen LogP contribution < -0.4 is 0 Å². The summed E-state index contributed by atoms with van der Waals surface area (Å²) in [5, 5.41) is 13.3. The summed E-state index contributed by atoms with van der Waals surface area (Å²) in [4.78, 5) is 0. The van der Waals surface area contributed by atoms with Crippen LogP contribution in [0.25, 0.3) is 12.2 Å². The van der Waals surface area contributed by atoms with Crippen molar-refractivity contribution in [2.45, 2.75) is 6.54 Å². The molecule has 0 N–H and O–H groups in total. The standard InChI is InChI=1S/C14H9N3/c15-9-13-12-7-4-8-14(12)17(16-13)10-11-5-2-1-3-6-11/h1-3,5-8H,10H2. The molecule has 3 rings (SSSR count). The number of hydrogen-bond acceptors (Lipinski definition) is 2. The molecule has 17 heavy (non-hydrogen) atoms. The Morgan fingerprint density at radius 1 is 1.24 bits per heavy atom. The first-order valence-electron chi connectivity index (χ1n) is 5.36. The van der Waals surface area contributed by atoms with Crippen LogP contribution in [0.4, 0.5) is 0 Å². The van der Waals surface area contributed by atoms with E-state index in [0.29, 0.717) is 12.2 Å². The molecule has 80 valence electrons. The lowest BCUT2D eigenvalue weighted by Gasteiger charge is -2.03. The highest BCUT2D eigenvalue weighted by Crippen LogP contribution is 2.22. The van der Waals surface area contributed by atoms with Crippen LogP contribution in [0.15, 0.2) is 36.1 Å². The molecule has 1 aliphatic rings. The zero-order chi connectivity index (χ0) is 11.7. The van der Waals surface area contributed by atoms with Gasteiger partial charge in [0.1, 0.15) is 6.07 Å². The normalized spacial score (nSPS) is 11.5. The van der Waals surface area contributed by atoms with E-state index in [1.165, 1.54) is 5.56 Å². The van der Waals surface area contributed by atoms with E-state index >= 15 is 0 Å². The van der Waals surface area contributed by atoms with E-state index < -0.39 is 0 Å². The maximum Gasteiger partial charge on any atom is 0.170 e. The van der Waals surface area contributed by atoms with Crippen molar-refractivity contribution in [3.8, 4) is 6.07 Å². The third-order valence-corrected chi connectivity index (χ3v) is 2.76. The Labute approximate surface area is 98.9 Å². The smallest absolute Gasteiger partial charge is 0.170 e. The second-order valence-electron chi connectivity index (χ2n) is 3.86. The molecule has 0 radical (unpaired) electrons. The molecule has 2 aromatic rings. The molecule has 1 aromatic heterocycles. The summed E-state index contributed by atoms with van der Waals surface area (Å²) in [7, 11) is 0. The predicted octanol–water partition coefficient (Wildman–Crippen LogP) is 2.44. The van der Waals surface area contributed by atoms with Gasteiger partial charge >= 0.3 is 0 Å². The van der Waals surface area contributed by atoms with Crippen molar-refractivity contribution in [1.82, 2.24) is 9.78 Å². The summed E-state index contributed by atoms with van der Waals surface area (Å²) in [5.74, 6) is 0. The lowest BCUT2D eigenvalue weighted by Crippen LogP contribution is -2.03. The fourth-order valence-electron chi connectivity index (χ4n) is 1.95. The lowest BCUT2D eigenvalue weighted by molar-refractivity contribution is 0.678. The van der Waals surface area contributed by atoms with E-state index in [0.717, 1.165) is 11.3 Å². The topological polar surface area (TPSA) is 41.6 Å². The predicted molar refractivity (Wildman–Crippen MR) is 64.9 cm³/mol. The number of aromatic nitrogens is 2. The van der Waals surface area contributed by atoms with Crippen LogP contribution in [0, 0.1) is 11.3 Å². The first-order valence-corrected chi connectivity index (χ1v) is 5.36. The third kappa shape index (κ3) is 1.57. The molecule has 0 saturated carbocycles. The van der Waals surface area contributed by atoms with Gasteiger partial charge in [-0.3, -0.25) is 4.68 Å². The highest BCUT2D eigenvalue weighted by Gasteiger charge is 2.16. The minimum absolute atomic E-state index is 0.470. The summed E-state index contributed by atoms with van der Waals surface area (Å²) in [6.45, 7) is 0.677. The van der Waals surface area contributed by atoms with Crippen LogP contribution in [-0.4, -0.2) is 9.78 Å². The SMILES string of the molecule is N#Cc1nn(Cc2ccccc2)c2c1C=C=C2. The average molecular weight is 219 g/mol. The highest BCUT2D eigenvalue weighted by molar-refractivity contribution is 5.74. The summed E-state index contributed by atoms with van der Waals surface area (Å²) in [5.41, 5.74) is 6.49. The Morgan fingerprint density at radius 2 is 2.06 bits per heavy atom. The number of nitriles is 1. The minimum atomic E-state index is 0.470. The van der Waals surface area contributed by atoms with Gasteiger partial charge < -0.3 is 0 Å². The van der Waals surface area contributed by atoms with Crippen molar-refractivity contribution in [3.05, 3.63) is 58.6 Å². The minimum Gasteiger partial charge on any atom is -0.258 e. The maximum atomic E-state index is 8.99. The van der Waals surface area contributed by atoms with Gasteiger partial charge in [-0.1, -0.05) is 30.3 Å². The lowest BCUT2D eigenvalue weighted by atomic mass is 10.2. The Morgan fingerprint density at radius 3 is 2.82 bits per heavy atom. The number of fused-ring (bicyclic) bond motifs is 1. The van der Waals surface area contributed by atoms with Crippen molar-refractivity contribution in [3.63, 3.8) is 0 Å². The summed E-state index contributed by atoms with van der Waals surface area (Å²) in [6.07, 6.45) is 3.68. The summed E-state index contributed by atoms with van der Waals surface area (Å²) < 4.78 is 1.85. The first kappa shape index (κ1) is 9.65.